The van der Waals surface area contributed by atoms with Gasteiger partial charge in [0, 0.05) is 23.1 Å². The second-order valence-electron chi connectivity index (χ2n) is 4.98. The van der Waals surface area contributed by atoms with Crippen molar-refractivity contribution in [1.82, 2.24) is 9.97 Å². The van der Waals surface area contributed by atoms with Crippen molar-refractivity contribution in [2.75, 3.05) is 10.6 Å². The fraction of sp³-hybridized carbons (Fsp3) is 0. The molecule has 1 aromatic heterocycles. The summed E-state index contributed by atoms with van der Waals surface area (Å²) in [6.45, 7) is 0. The van der Waals surface area contributed by atoms with Gasteiger partial charge in [0.05, 0.1) is 5.56 Å². The van der Waals surface area contributed by atoms with Crippen LogP contribution in [0.15, 0.2) is 54.9 Å². The van der Waals surface area contributed by atoms with Gasteiger partial charge in [0.1, 0.15) is 17.3 Å². The van der Waals surface area contributed by atoms with Crippen LogP contribution in [-0.2, 0) is 0 Å². The van der Waals surface area contributed by atoms with Crippen molar-refractivity contribution in [1.29, 1.82) is 0 Å². The van der Waals surface area contributed by atoms with Crippen LogP contribution in [0.5, 0.6) is 0 Å². The number of rotatable bonds is 4. The summed E-state index contributed by atoms with van der Waals surface area (Å²) >= 11 is 5.78. The molecule has 0 radical (unpaired) electrons. The number of nitrogens with zero attached hydrogens (tertiary/aromatic N) is 2. The molecule has 0 atom stereocenters. The van der Waals surface area contributed by atoms with Gasteiger partial charge in [0.15, 0.2) is 0 Å². The van der Waals surface area contributed by atoms with Crippen molar-refractivity contribution >= 4 is 34.8 Å². The first-order valence-corrected chi connectivity index (χ1v) is 7.51. The molecule has 2 N–H and O–H groups in total. The summed E-state index contributed by atoms with van der Waals surface area (Å²) in [5.74, 6) is -2.00. The molecule has 3 aromatic rings. The Morgan fingerprint density at radius 1 is 0.960 bits per heavy atom. The van der Waals surface area contributed by atoms with Gasteiger partial charge in [0.2, 0.25) is 5.95 Å². The van der Waals surface area contributed by atoms with Gasteiger partial charge in [0.25, 0.3) is 5.91 Å². The standard InChI is InChI=1S/C17H11ClF2N4O/c18-11-4-6-12(7-5-11)23-16(25)10-8-21-17(22-9-10)24-15-13(19)2-1-3-14(15)20/h1-9H,(H,23,25)(H,21,22,24). The summed E-state index contributed by atoms with van der Waals surface area (Å²) < 4.78 is 27.2. The highest BCUT2D eigenvalue weighted by atomic mass is 35.5. The Hall–Kier alpha value is -3.06. The predicted octanol–water partition coefficient (Wildman–Crippen LogP) is 4.40. The molecule has 0 unspecified atom stereocenters. The van der Waals surface area contributed by atoms with Gasteiger partial charge in [-0.3, -0.25) is 4.79 Å². The summed E-state index contributed by atoms with van der Waals surface area (Å²) in [6.07, 6.45) is 2.50. The number of halogens is 3. The number of para-hydroxylation sites is 1. The number of amides is 1. The zero-order valence-corrected chi connectivity index (χ0v) is 13.4. The van der Waals surface area contributed by atoms with E-state index in [-0.39, 0.29) is 17.2 Å². The molecule has 2 aromatic carbocycles. The zero-order valence-electron chi connectivity index (χ0n) is 12.6. The quantitative estimate of drug-likeness (QED) is 0.723. The molecule has 0 bridgehead atoms. The van der Waals surface area contributed by atoms with E-state index in [2.05, 4.69) is 20.6 Å². The molecule has 0 aliphatic carbocycles. The Morgan fingerprint density at radius 2 is 1.56 bits per heavy atom. The maximum absolute atomic E-state index is 13.6. The molecule has 0 saturated heterocycles. The molecular weight excluding hydrogens is 350 g/mol. The van der Waals surface area contributed by atoms with E-state index in [1.807, 2.05) is 0 Å². The second kappa shape index (κ2) is 7.23. The highest BCUT2D eigenvalue weighted by Gasteiger charge is 2.11. The molecule has 0 fully saturated rings. The Bertz CT molecular complexity index is 881. The first-order chi connectivity index (χ1) is 12.0. The molecule has 8 heteroatoms. The van der Waals surface area contributed by atoms with Gasteiger partial charge in [-0.05, 0) is 36.4 Å². The molecule has 0 aliphatic rings. The van der Waals surface area contributed by atoms with Crippen molar-refractivity contribution in [2.45, 2.75) is 0 Å². The number of hydrogen-bond acceptors (Lipinski definition) is 4. The molecule has 1 heterocycles. The Labute approximate surface area is 146 Å². The van der Waals surface area contributed by atoms with Crippen LogP contribution in [0.4, 0.5) is 26.1 Å². The number of anilines is 3. The van der Waals surface area contributed by atoms with Crippen LogP contribution in [0.1, 0.15) is 10.4 Å². The van der Waals surface area contributed by atoms with Gasteiger partial charge < -0.3 is 10.6 Å². The minimum absolute atomic E-state index is 0.0351. The first kappa shape index (κ1) is 16.8. The van der Waals surface area contributed by atoms with Crippen molar-refractivity contribution in [3.8, 4) is 0 Å². The lowest BCUT2D eigenvalue weighted by Gasteiger charge is -2.08. The third-order valence-electron chi connectivity index (χ3n) is 3.22. The largest absolute Gasteiger partial charge is 0.322 e. The molecule has 3 rings (SSSR count). The number of carbonyl (C=O) groups is 1. The van der Waals surface area contributed by atoms with Gasteiger partial charge in [-0.25, -0.2) is 18.7 Å². The van der Waals surface area contributed by atoms with E-state index < -0.39 is 17.5 Å². The molecule has 126 valence electrons. The van der Waals surface area contributed by atoms with Crippen molar-refractivity contribution in [3.05, 3.63) is 77.1 Å². The van der Waals surface area contributed by atoms with Crippen LogP contribution >= 0.6 is 11.6 Å². The lowest BCUT2D eigenvalue weighted by atomic mass is 10.2. The molecule has 0 saturated carbocycles. The van der Waals surface area contributed by atoms with E-state index >= 15 is 0 Å². The molecule has 5 nitrogen and oxygen atoms in total. The molecule has 25 heavy (non-hydrogen) atoms. The van der Waals surface area contributed by atoms with Crippen molar-refractivity contribution in [3.63, 3.8) is 0 Å². The van der Waals surface area contributed by atoms with Crippen LogP contribution < -0.4 is 10.6 Å². The molecule has 1 amide bonds. The average molecular weight is 361 g/mol. The SMILES string of the molecule is O=C(Nc1ccc(Cl)cc1)c1cnc(Nc2c(F)cccc2F)nc1. The average Bonchev–Trinajstić information content (AvgIpc) is 2.61. The maximum Gasteiger partial charge on any atom is 0.258 e. The van der Waals surface area contributed by atoms with E-state index in [1.165, 1.54) is 18.5 Å². The number of aromatic nitrogens is 2. The van der Waals surface area contributed by atoms with Crippen molar-refractivity contribution < 1.29 is 13.6 Å². The molecule has 0 aliphatic heterocycles. The lowest BCUT2D eigenvalue weighted by Crippen LogP contribution is -2.13. The van der Waals surface area contributed by atoms with Gasteiger partial charge >= 0.3 is 0 Å². The van der Waals surface area contributed by atoms with Crippen molar-refractivity contribution in [2.24, 2.45) is 0 Å². The van der Waals surface area contributed by atoms with Crippen LogP contribution in [0, 0.1) is 11.6 Å². The Kier molecular flexibility index (Phi) is 4.85. The molecular formula is C17H11ClF2N4O. The van der Waals surface area contributed by atoms with Crippen LogP contribution in [0.2, 0.25) is 5.02 Å². The third kappa shape index (κ3) is 4.07. The number of benzene rings is 2. The fourth-order valence-electron chi connectivity index (χ4n) is 1.98. The summed E-state index contributed by atoms with van der Waals surface area (Å²) in [6, 6.07) is 10.1. The van der Waals surface area contributed by atoms with E-state index in [1.54, 1.807) is 24.3 Å². The van der Waals surface area contributed by atoms with E-state index in [9.17, 15) is 13.6 Å². The first-order valence-electron chi connectivity index (χ1n) is 7.13. The maximum atomic E-state index is 13.6. The topological polar surface area (TPSA) is 66.9 Å². The monoisotopic (exact) mass is 360 g/mol. The summed E-state index contributed by atoms with van der Waals surface area (Å²) in [5.41, 5.74) is 0.389. The number of nitrogens with one attached hydrogen (secondary N) is 2. The number of carbonyl (C=O) groups excluding carboxylic acids is 1. The molecule has 0 spiro atoms. The highest BCUT2D eigenvalue weighted by Crippen LogP contribution is 2.21. The van der Waals surface area contributed by atoms with Crippen LogP contribution in [0.25, 0.3) is 0 Å². The summed E-state index contributed by atoms with van der Waals surface area (Å²) in [7, 11) is 0. The van der Waals surface area contributed by atoms with Gasteiger partial charge in [-0.2, -0.15) is 0 Å². The Morgan fingerprint density at radius 3 is 2.16 bits per heavy atom. The zero-order chi connectivity index (χ0) is 17.8. The normalized spacial score (nSPS) is 10.4. The van der Waals surface area contributed by atoms with Crippen LogP contribution in [0.3, 0.4) is 0 Å². The van der Waals surface area contributed by atoms with Gasteiger partial charge in [-0.1, -0.05) is 17.7 Å². The number of hydrogen-bond donors (Lipinski definition) is 2. The van der Waals surface area contributed by atoms with E-state index in [0.717, 1.165) is 12.1 Å². The summed E-state index contributed by atoms with van der Waals surface area (Å²) in [4.78, 5) is 19.9. The minimum Gasteiger partial charge on any atom is -0.322 e. The summed E-state index contributed by atoms with van der Waals surface area (Å²) in [5, 5.41) is 5.65. The smallest absolute Gasteiger partial charge is 0.258 e. The van der Waals surface area contributed by atoms with E-state index in [4.69, 9.17) is 11.6 Å². The fourth-order valence-corrected chi connectivity index (χ4v) is 2.10. The lowest BCUT2D eigenvalue weighted by molar-refractivity contribution is 0.102. The van der Waals surface area contributed by atoms with Crippen LogP contribution in [-0.4, -0.2) is 15.9 Å². The van der Waals surface area contributed by atoms with E-state index in [0.29, 0.717) is 10.7 Å². The van der Waals surface area contributed by atoms with Gasteiger partial charge in [-0.15, -0.1) is 0 Å². The predicted molar refractivity (Wildman–Crippen MR) is 91.1 cm³/mol. The third-order valence-corrected chi connectivity index (χ3v) is 3.47. The highest BCUT2D eigenvalue weighted by molar-refractivity contribution is 6.30. The Balaban J connectivity index is 1.71. The second-order valence-corrected chi connectivity index (χ2v) is 5.41. The minimum atomic E-state index is -0.770.